The number of aliphatic hydroxyl groups is 1. The lowest BCUT2D eigenvalue weighted by Gasteiger charge is -2.16. The van der Waals surface area contributed by atoms with Crippen LogP contribution in [0.5, 0.6) is 0 Å². The summed E-state index contributed by atoms with van der Waals surface area (Å²) in [7, 11) is 0. The number of hydrogen-bond acceptors (Lipinski definition) is 4. The molecule has 2 aromatic carbocycles. The number of amides is 1. The molecule has 0 aliphatic rings. The normalized spacial score (nSPS) is 11.8. The summed E-state index contributed by atoms with van der Waals surface area (Å²) in [6.45, 7) is 2.78. The van der Waals surface area contributed by atoms with Crippen LogP contribution in [0.3, 0.4) is 0 Å². The molecule has 27 heavy (non-hydrogen) atoms. The highest BCUT2D eigenvalue weighted by Gasteiger charge is 2.26. The lowest BCUT2D eigenvalue weighted by Crippen LogP contribution is -2.35. The van der Waals surface area contributed by atoms with Gasteiger partial charge in [-0.3, -0.25) is 4.79 Å². The van der Waals surface area contributed by atoms with E-state index in [0.29, 0.717) is 11.3 Å². The van der Waals surface area contributed by atoms with Gasteiger partial charge in [0, 0.05) is 15.3 Å². The van der Waals surface area contributed by atoms with Crippen LogP contribution in [0.4, 0.5) is 20.2 Å². The number of hydrogen-bond donors (Lipinski definition) is 4. The SMILES string of the molecule is Cc1cc(I)ccc1Nc1c(C(=O)O)cc(C(=O)NC(C)CO)c(F)c1F. The van der Waals surface area contributed by atoms with Gasteiger partial charge in [0.15, 0.2) is 11.6 Å². The molecule has 2 rings (SSSR count). The van der Waals surface area contributed by atoms with E-state index >= 15 is 0 Å². The van der Waals surface area contributed by atoms with Crippen molar-refractivity contribution in [3.8, 4) is 0 Å². The molecule has 2 aromatic rings. The predicted molar refractivity (Wildman–Crippen MR) is 105 cm³/mol. The second-order valence-electron chi connectivity index (χ2n) is 5.92. The van der Waals surface area contributed by atoms with Crippen LogP contribution in [-0.4, -0.2) is 34.7 Å². The molecule has 6 nitrogen and oxygen atoms in total. The van der Waals surface area contributed by atoms with Gasteiger partial charge >= 0.3 is 5.97 Å². The van der Waals surface area contributed by atoms with E-state index in [-0.39, 0.29) is 0 Å². The third kappa shape index (κ3) is 4.72. The molecule has 0 aromatic heterocycles. The Labute approximate surface area is 167 Å². The molecular formula is C18H17F2IN2O4. The number of rotatable bonds is 6. The molecule has 4 N–H and O–H groups in total. The van der Waals surface area contributed by atoms with Crippen molar-refractivity contribution in [3.05, 3.63) is 56.2 Å². The Hall–Kier alpha value is -2.27. The molecule has 1 unspecified atom stereocenters. The molecule has 1 amide bonds. The number of carbonyl (C=O) groups excluding carboxylic acids is 1. The first-order valence-corrected chi connectivity index (χ1v) is 8.93. The molecule has 0 aliphatic carbocycles. The van der Waals surface area contributed by atoms with Crippen molar-refractivity contribution in [2.45, 2.75) is 19.9 Å². The summed E-state index contributed by atoms with van der Waals surface area (Å²) in [5.74, 6) is -5.50. The Balaban J connectivity index is 2.54. The fraction of sp³-hybridized carbons (Fsp3) is 0.222. The van der Waals surface area contributed by atoms with Gasteiger partial charge in [-0.15, -0.1) is 0 Å². The minimum atomic E-state index is -1.52. The van der Waals surface area contributed by atoms with Gasteiger partial charge in [0.05, 0.1) is 23.4 Å². The quantitative estimate of drug-likeness (QED) is 0.466. The van der Waals surface area contributed by atoms with E-state index < -0.39 is 53.0 Å². The second-order valence-corrected chi connectivity index (χ2v) is 7.17. The van der Waals surface area contributed by atoms with Crippen LogP contribution in [0, 0.1) is 22.1 Å². The molecule has 0 bridgehead atoms. The van der Waals surface area contributed by atoms with E-state index in [1.165, 1.54) is 6.92 Å². The number of halogens is 3. The van der Waals surface area contributed by atoms with Gasteiger partial charge in [-0.1, -0.05) is 0 Å². The minimum absolute atomic E-state index is 0.405. The zero-order chi connectivity index (χ0) is 20.3. The smallest absolute Gasteiger partial charge is 0.337 e. The maximum Gasteiger partial charge on any atom is 0.337 e. The number of nitrogens with one attached hydrogen (secondary N) is 2. The molecular weight excluding hydrogens is 473 g/mol. The van der Waals surface area contributed by atoms with Crippen molar-refractivity contribution < 1.29 is 28.6 Å². The number of aromatic carboxylic acids is 1. The van der Waals surface area contributed by atoms with Crippen LogP contribution >= 0.6 is 22.6 Å². The first-order valence-electron chi connectivity index (χ1n) is 7.85. The zero-order valence-electron chi connectivity index (χ0n) is 14.4. The summed E-state index contributed by atoms with van der Waals surface area (Å²) < 4.78 is 30.0. The van der Waals surface area contributed by atoms with Crippen molar-refractivity contribution in [1.29, 1.82) is 0 Å². The van der Waals surface area contributed by atoms with Crippen LogP contribution in [-0.2, 0) is 0 Å². The first kappa shape index (κ1) is 21.0. The monoisotopic (exact) mass is 490 g/mol. The maximum absolute atomic E-state index is 14.6. The van der Waals surface area contributed by atoms with Crippen molar-refractivity contribution in [2.24, 2.45) is 0 Å². The third-order valence-electron chi connectivity index (χ3n) is 3.78. The van der Waals surface area contributed by atoms with Crippen molar-refractivity contribution in [1.82, 2.24) is 5.32 Å². The highest BCUT2D eigenvalue weighted by molar-refractivity contribution is 14.1. The van der Waals surface area contributed by atoms with E-state index in [2.05, 4.69) is 33.2 Å². The second kappa shape index (κ2) is 8.61. The van der Waals surface area contributed by atoms with Gasteiger partial charge < -0.3 is 20.8 Å². The molecule has 0 aliphatic heterocycles. The first-order chi connectivity index (χ1) is 12.6. The van der Waals surface area contributed by atoms with E-state index in [0.717, 1.165) is 9.64 Å². The molecule has 0 fully saturated rings. The summed E-state index contributed by atoms with van der Waals surface area (Å²) in [5.41, 5.74) is -0.807. The summed E-state index contributed by atoms with van der Waals surface area (Å²) in [5, 5.41) is 23.2. The lowest BCUT2D eigenvalue weighted by molar-refractivity contribution is 0.0697. The molecule has 0 heterocycles. The molecule has 0 saturated carbocycles. The van der Waals surface area contributed by atoms with Crippen LogP contribution in [0.2, 0.25) is 0 Å². The number of benzene rings is 2. The molecule has 0 radical (unpaired) electrons. The number of anilines is 2. The average Bonchev–Trinajstić information content (AvgIpc) is 2.60. The molecule has 144 valence electrons. The standard InChI is InChI=1S/C18H17F2IN2O4/c1-8-5-10(21)3-4-13(8)23-16-12(18(26)27)6-11(14(19)15(16)20)17(25)22-9(2)7-24/h3-6,9,23-24H,7H2,1-2H3,(H,22,25)(H,26,27). The zero-order valence-corrected chi connectivity index (χ0v) is 16.6. The summed E-state index contributed by atoms with van der Waals surface area (Å²) >= 11 is 2.09. The predicted octanol–water partition coefficient (Wildman–Crippen LogP) is 3.43. The number of aryl methyl sites for hydroxylation is 1. The highest BCUT2D eigenvalue weighted by Crippen LogP contribution is 2.30. The Morgan fingerprint density at radius 1 is 1.19 bits per heavy atom. The third-order valence-corrected chi connectivity index (χ3v) is 4.45. The fourth-order valence-electron chi connectivity index (χ4n) is 2.33. The van der Waals surface area contributed by atoms with Gasteiger partial charge in [-0.25, -0.2) is 13.6 Å². The lowest BCUT2D eigenvalue weighted by atomic mass is 10.0. The van der Waals surface area contributed by atoms with Crippen LogP contribution in [0.25, 0.3) is 0 Å². The molecule has 0 spiro atoms. The highest BCUT2D eigenvalue weighted by atomic mass is 127. The van der Waals surface area contributed by atoms with Gasteiger partial charge in [0.1, 0.15) is 0 Å². The maximum atomic E-state index is 14.6. The number of carboxylic acid groups (broad SMARTS) is 1. The average molecular weight is 490 g/mol. The van der Waals surface area contributed by atoms with Gasteiger partial charge in [0.2, 0.25) is 0 Å². The molecule has 0 saturated heterocycles. The Morgan fingerprint density at radius 3 is 2.41 bits per heavy atom. The van der Waals surface area contributed by atoms with E-state index in [9.17, 15) is 23.5 Å². The van der Waals surface area contributed by atoms with E-state index in [4.69, 9.17) is 5.11 Å². The van der Waals surface area contributed by atoms with Crippen molar-refractivity contribution >= 4 is 45.8 Å². The van der Waals surface area contributed by atoms with E-state index in [1.807, 2.05) is 0 Å². The van der Waals surface area contributed by atoms with Gasteiger partial charge in [-0.2, -0.15) is 0 Å². The number of aliphatic hydroxyl groups excluding tert-OH is 1. The minimum Gasteiger partial charge on any atom is -0.478 e. The van der Waals surface area contributed by atoms with Crippen molar-refractivity contribution in [2.75, 3.05) is 11.9 Å². The Morgan fingerprint density at radius 2 is 1.85 bits per heavy atom. The molecule has 1 atom stereocenters. The Kier molecular flexibility index (Phi) is 6.71. The van der Waals surface area contributed by atoms with Crippen LogP contribution in [0.1, 0.15) is 33.2 Å². The fourth-order valence-corrected chi connectivity index (χ4v) is 2.98. The summed E-state index contributed by atoms with van der Waals surface area (Å²) in [6.07, 6.45) is 0. The largest absolute Gasteiger partial charge is 0.478 e. The van der Waals surface area contributed by atoms with Crippen LogP contribution in [0.15, 0.2) is 24.3 Å². The van der Waals surface area contributed by atoms with E-state index in [1.54, 1.807) is 25.1 Å². The van der Waals surface area contributed by atoms with Gasteiger partial charge in [-0.05, 0) is 66.3 Å². The number of carboxylic acids is 1. The number of carbonyl (C=O) groups is 2. The summed E-state index contributed by atoms with van der Waals surface area (Å²) in [4.78, 5) is 23.6. The Bertz CT molecular complexity index is 905. The van der Waals surface area contributed by atoms with Gasteiger partial charge in [0.25, 0.3) is 5.91 Å². The van der Waals surface area contributed by atoms with Crippen LogP contribution < -0.4 is 10.6 Å². The van der Waals surface area contributed by atoms with Crippen molar-refractivity contribution in [3.63, 3.8) is 0 Å². The molecule has 9 heteroatoms. The summed E-state index contributed by atoms with van der Waals surface area (Å²) in [6, 6.07) is 5.19. The topological polar surface area (TPSA) is 98.7 Å².